The summed E-state index contributed by atoms with van der Waals surface area (Å²) < 4.78 is 31.5. The molecular weight excluding hydrogens is 454 g/mol. The molecule has 32 heavy (non-hydrogen) atoms. The van der Waals surface area contributed by atoms with Gasteiger partial charge >= 0.3 is 11.8 Å². The van der Waals surface area contributed by atoms with Gasteiger partial charge < -0.3 is 9.84 Å². The predicted molar refractivity (Wildman–Crippen MR) is 116 cm³/mol. The Hall–Kier alpha value is -3.50. The number of aromatic nitrogens is 4. The molecule has 2 heterocycles. The van der Waals surface area contributed by atoms with Crippen LogP contribution in [0.3, 0.4) is 0 Å². The van der Waals surface area contributed by atoms with Crippen LogP contribution in [-0.2, 0) is 28.7 Å². The highest BCUT2D eigenvalue weighted by molar-refractivity contribution is 7.90. The van der Waals surface area contributed by atoms with Gasteiger partial charge in [0, 0.05) is 12.7 Å². The third kappa shape index (κ3) is 5.40. The topological polar surface area (TPSA) is 120 Å². The minimum Gasteiger partial charge on any atom is -0.344 e. The summed E-state index contributed by atoms with van der Waals surface area (Å²) in [5, 5.41) is 11.0. The first kappa shape index (κ1) is 21.7. The Balaban J connectivity index is 1.32. The van der Waals surface area contributed by atoms with Crippen molar-refractivity contribution in [1.82, 2.24) is 25.2 Å². The number of benzene rings is 2. The van der Waals surface area contributed by atoms with Gasteiger partial charge in [0.25, 0.3) is 0 Å². The molecule has 9 nitrogen and oxygen atoms in total. The van der Waals surface area contributed by atoms with Crippen LogP contribution in [0.5, 0.6) is 0 Å². The highest BCUT2D eigenvalue weighted by Gasteiger charge is 2.21. The van der Waals surface area contributed by atoms with Crippen molar-refractivity contribution >= 4 is 27.3 Å². The van der Waals surface area contributed by atoms with Gasteiger partial charge in [0.05, 0.1) is 22.7 Å². The maximum Gasteiger partial charge on any atom is 0.315 e. The summed E-state index contributed by atoms with van der Waals surface area (Å²) in [6, 6.07) is 15.6. The van der Waals surface area contributed by atoms with Crippen molar-refractivity contribution in [2.75, 3.05) is 0 Å². The Morgan fingerprint density at radius 1 is 1.06 bits per heavy atom. The van der Waals surface area contributed by atoms with Gasteiger partial charge in [-0.15, -0.1) is 0 Å². The fourth-order valence-corrected chi connectivity index (χ4v) is 4.27. The molecule has 0 aliphatic carbocycles. The largest absolute Gasteiger partial charge is 0.344 e. The molecule has 2 aromatic heterocycles. The van der Waals surface area contributed by atoms with Crippen LogP contribution in [0.2, 0.25) is 5.02 Å². The number of nitrogens with one attached hydrogen (secondary N) is 1. The molecule has 0 radical (unpaired) electrons. The number of nitrogens with zero attached hydrogens (tertiary/aromatic N) is 4. The summed E-state index contributed by atoms with van der Waals surface area (Å²) in [7, 11) is -3.64. The highest BCUT2D eigenvalue weighted by atomic mass is 35.5. The second kappa shape index (κ2) is 9.33. The zero-order chi connectivity index (χ0) is 22.6. The Morgan fingerprint density at radius 3 is 2.47 bits per heavy atom. The number of rotatable bonds is 8. The maximum absolute atomic E-state index is 12.4. The molecule has 0 unspecified atom stereocenters. The summed E-state index contributed by atoms with van der Waals surface area (Å²) in [5.41, 5.74) is 1.90. The number of halogens is 1. The lowest BCUT2D eigenvalue weighted by atomic mass is 10.1. The standard InChI is InChI=1S/C21H18ClN5O4S/c22-17-11-24-27(13-17)12-16-8-6-15(7-9-16)10-23-20(28)21-25-19(26-31-21)14-32(29,30)18-4-2-1-3-5-18/h1-9,11,13H,10,12,14H2,(H,23,28). The average molecular weight is 472 g/mol. The predicted octanol–water partition coefficient (Wildman–Crippen LogP) is 2.87. The molecule has 0 saturated carbocycles. The van der Waals surface area contributed by atoms with Gasteiger partial charge in [0.2, 0.25) is 0 Å². The minimum absolute atomic E-state index is 0.0814. The fraction of sp³-hybridized carbons (Fsp3) is 0.143. The molecule has 164 valence electrons. The van der Waals surface area contributed by atoms with E-state index in [1.807, 2.05) is 24.3 Å². The SMILES string of the molecule is O=C(NCc1ccc(Cn2cc(Cl)cn2)cc1)c1nc(CS(=O)(=O)c2ccccc2)no1. The third-order valence-electron chi connectivity index (χ3n) is 4.51. The van der Waals surface area contributed by atoms with Gasteiger partial charge in [-0.3, -0.25) is 9.48 Å². The van der Waals surface area contributed by atoms with Crippen molar-refractivity contribution in [2.24, 2.45) is 0 Å². The number of carbonyl (C=O) groups is 1. The average Bonchev–Trinajstić information content (AvgIpc) is 3.42. The first-order valence-electron chi connectivity index (χ1n) is 9.53. The zero-order valence-electron chi connectivity index (χ0n) is 16.7. The van der Waals surface area contributed by atoms with Crippen LogP contribution in [-0.4, -0.2) is 34.2 Å². The number of sulfone groups is 1. The van der Waals surface area contributed by atoms with Crippen LogP contribution in [0.1, 0.15) is 27.6 Å². The Bertz CT molecular complexity index is 1320. The number of carbonyl (C=O) groups excluding carboxylic acids is 1. The van der Waals surface area contributed by atoms with Crippen LogP contribution in [0, 0.1) is 0 Å². The van der Waals surface area contributed by atoms with E-state index >= 15 is 0 Å². The smallest absolute Gasteiger partial charge is 0.315 e. The van der Waals surface area contributed by atoms with Gasteiger partial charge in [0.1, 0.15) is 5.75 Å². The number of hydrogen-bond donors (Lipinski definition) is 1. The summed E-state index contributed by atoms with van der Waals surface area (Å²) in [6.45, 7) is 0.822. The van der Waals surface area contributed by atoms with E-state index in [2.05, 4.69) is 20.6 Å². The fourth-order valence-electron chi connectivity index (χ4n) is 2.92. The molecule has 0 bridgehead atoms. The third-order valence-corrected chi connectivity index (χ3v) is 6.33. The van der Waals surface area contributed by atoms with Gasteiger partial charge in [-0.05, 0) is 23.3 Å². The van der Waals surface area contributed by atoms with E-state index in [9.17, 15) is 13.2 Å². The van der Waals surface area contributed by atoms with E-state index in [-0.39, 0.29) is 23.2 Å². The molecule has 2 aromatic carbocycles. The second-order valence-corrected chi connectivity index (χ2v) is 9.37. The summed E-state index contributed by atoms with van der Waals surface area (Å²) >= 11 is 5.86. The van der Waals surface area contributed by atoms with Crippen LogP contribution < -0.4 is 5.32 Å². The van der Waals surface area contributed by atoms with E-state index in [0.717, 1.165) is 11.1 Å². The monoisotopic (exact) mass is 471 g/mol. The maximum atomic E-state index is 12.4. The zero-order valence-corrected chi connectivity index (χ0v) is 18.3. The summed E-state index contributed by atoms with van der Waals surface area (Å²) in [5.74, 6) is -1.43. The van der Waals surface area contributed by atoms with Crippen molar-refractivity contribution in [3.63, 3.8) is 0 Å². The molecule has 4 rings (SSSR count). The summed E-state index contributed by atoms with van der Waals surface area (Å²) in [4.78, 5) is 16.4. The highest BCUT2D eigenvalue weighted by Crippen LogP contribution is 2.15. The van der Waals surface area contributed by atoms with Crippen LogP contribution in [0.25, 0.3) is 0 Å². The van der Waals surface area contributed by atoms with E-state index < -0.39 is 21.5 Å². The molecule has 0 aliphatic heterocycles. The molecule has 4 aromatic rings. The van der Waals surface area contributed by atoms with Gasteiger partial charge in [-0.25, -0.2) is 8.42 Å². The van der Waals surface area contributed by atoms with Crippen LogP contribution >= 0.6 is 11.6 Å². The normalized spacial score (nSPS) is 11.4. The molecule has 0 saturated heterocycles. The molecule has 1 amide bonds. The number of amides is 1. The molecule has 11 heteroatoms. The molecule has 0 spiro atoms. The molecule has 1 N–H and O–H groups in total. The first-order chi connectivity index (χ1) is 15.4. The second-order valence-electron chi connectivity index (χ2n) is 6.94. The van der Waals surface area contributed by atoms with Gasteiger partial charge in [-0.2, -0.15) is 10.1 Å². The van der Waals surface area contributed by atoms with Crippen molar-refractivity contribution in [3.05, 3.63) is 94.9 Å². The Labute approximate surface area is 188 Å². The Kier molecular flexibility index (Phi) is 6.33. The van der Waals surface area contributed by atoms with E-state index in [4.69, 9.17) is 16.1 Å². The van der Waals surface area contributed by atoms with Crippen LogP contribution in [0.15, 0.2) is 76.4 Å². The lowest BCUT2D eigenvalue weighted by Gasteiger charge is -2.05. The van der Waals surface area contributed by atoms with Gasteiger partial charge in [0.15, 0.2) is 15.7 Å². The molecule has 0 fully saturated rings. The van der Waals surface area contributed by atoms with Crippen molar-refractivity contribution in [3.8, 4) is 0 Å². The Morgan fingerprint density at radius 2 is 1.78 bits per heavy atom. The molecule has 0 aliphatic rings. The first-order valence-corrected chi connectivity index (χ1v) is 11.6. The van der Waals surface area contributed by atoms with Crippen molar-refractivity contribution < 1.29 is 17.7 Å². The van der Waals surface area contributed by atoms with Gasteiger partial charge in [-0.1, -0.05) is 59.2 Å². The number of hydrogen-bond acceptors (Lipinski definition) is 7. The minimum atomic E-state index is -3.64. The quantitative estimate of drug-likeness (QED) is 0.419. The van der Waals surface area contributed by atoms with E-state index in [1.54, 1.807) is 35.3 Å². The lowest BCUT2D eigenvalue weighted by Crippen LogP contribution is -2.23. The van der Waals surface area contributed by atoms with E-state index in [0.29, 0.717) is 11.6 Å². The molecular formula is C21H18ClN5O4S. The molecule has 0 atom stereocenters. The summed E-state index contributed by atoms with van der Waals surface area (Å²) in [6.07, 6.45) is 3.31. The van der Waals surface area contributed by atoms with Crippen molar-refractivity contribution in [2.45, 2.75) is 23.7 Å². The van der Waals surface area contributed by atoms with Crippen molar-refractivity contribution in [1.29, 1.82) is 0 Å². The van der Waals surface area contributed by atoms with Crippen LogP contribution in [0.4, 0.5) is 0 Å². The lowest BCUT2D eigenvalue weighted by molar-refractivity contribution is 0.0907. The van der Waals surface area contributed by atoms with E-state index in [1.165, 1.54) is 12.1 Å².